The van der Waals surface area contributed by atoms with Crippen molar-refractivity contribution in [2.45, 2.75) is 25.2 Å². The fourth-order valence-corrected chi connectivity index (χ4v) is 3.45. The number of piperidine rings is 1. The maximum atomic E-state index is 12.7. The van der Waals surface area contributed by atoms with Crippen LogP contribution < -0.4 is 4.74 Å². The van der Waals surface area contributed by atoms with Gasteiger partial charge in [0, 0.05) is 37.6 Å². The minimum Gasteiger partial charge on any atom is -0.437 e. The summed E-state index contributed by atoms with van der Waals surface area (Å²) >= 11 is 0. The van der Waals surface area contributed by atoms with Crippen molar-refractivity contribution in [3.63, 3.8) is 0 Å². The predicted octanol–water partition coefficient (Wildman–Crippen LogP) is 3.61. The van der Waals surface area contributed by atoms with Gasteiger partial charge >= 0.3 is 0 Å². The average molecular weight is 374 g/mol. The normalized spacial score (nSPS) is 16.6. The molecule has 142 valence electrons. The van der Waals surface area contributed by atoms with Crippen LogP contribution in [0.25, 0.3) is 0 Å². The minimum atomic E-state index is 0.127. The lowest BCUT2D eigenvalue weighted by Crippen LogP contribution is -2.40. The maximum absolute atomic E-state index is 12.7. The quantitative estimate of drug-likeness (QED) is 0.682. The number of amides is 1. The Morgan fingerprint density at radius 2 is 1.96 bits per heavy atom. The summed E-state index contributed by atoms with van der Waals surface area (Å²) in [5, 5.41) is 0. The Hall–Kier alpha value is -3.28. The number of ether oxygens (including phenoxy) is 1. The van der Waals surface area contributed by atoms with Gasteiger partial charge in [-0.05, 0) is 36.6 Å². The van der Waals surface area contributed by atoms with Gasteiger partial charge in [0.25, 0.3) is 0 Å². The number of para-hydroxylation sites is 1. The summed E-state index contributed by atoms with van der Waals surface area (Å²) in [6, 6.07) is 13.3. The van der Waals surface area contributed by atoms with E-state index in [0.717, 1.165) is 36.4 Å². The fourth-order valence-electron chi connectivity index (χ4n) is 3.45. The molecule has 0 unspecified atom stereocenters. The molecule has 1 atom stereocenters. The number of likely N-dealkylation sites (tertiary alicyclic amines) is 1. The highest BCUT2D eigenvalue weighted by Crippen LogP contribution is 2.27. The Bertz CT molecular complexity index is 918. The predicted molar refractivity (Wildman–Crippen MR) is 105 cm³/mol. The van der Waals surface area contributed by atoms with Gasteiger partial charge in [-0.2, -0.15) is 0 Å². The van der Waals surface area contributed by atoms with E-state index < -0.39 is 0 Å². The van der Waals surface area contributed by atoms with E-state index in [9.17, 15) is 4.79 Å². The zero-order valence-corrected chi connectivity index (χ0v) is 15.6. The molecule has 2 aromatic heterocycles. The van der Waals surface area contributed by atoms with Crippen LogP contribution in [0.4, 0.5) is 0 Å². The lowest BCUT2D eigenvalue weighted by atomic mass is 9.94. The number of aromatic nitrogens is 3. The highest BCUT2D eigenvalue weighted by Gasteiger charge is 2.26. The summed E-state index contributed by atoms with van der Waals surface area (Å²) in [5.74, 6) is 1.49. The maximum Gasteiger partial charge on any atom is 0.238 e. The molecular formula is C22H22N4O2. The standard InChI is InChI=1S/C22H22N4O2/c27-22(12-17-6-4-10-23-13-17)26-11-5-7-18(16-26)20-14-24-15-21(25-20)28-19-8-2-1-3-9-19/h1-4,6,8-10,13-15,18H,5,7,11-12,16H2/t18-/m0/s1. The smallest absolute Gasteiger partial charge is 0.238 e. The summed E-state index contributed by atoms with van der Waals surface area (Å²) < 4.78 is 5.80. The van der Waals surface area contributed by atoms with Gasteiger partial charge in [0.2, 0.25) is 11.8 Å². The second-order valence-electron chi connectivity index (χ2n) is 6.91. The van der Waals surface area contributed by atoms with Gasteiger partial charge in [-0.15, -0.1) is 0 Å². The molecule has 3 heterocycles. The van der Waals surface area contributed by atoms with Gasteiger partial charge in [-0.3, -0.25) is 14.8 Å². The number of nitrogens with zero attached hydrogens (tertiary/aromatic N) is 4. The van der Waals surface area contributed by atoms with Gasteiger partial charge in [0.1, 0.15) is 5.75 Å². The number of carbonyl (C=O) groups is 1. The molecule has 1 aliphatic rings. The molecule has 4 rings (SSSR count). The van der Waals surface area contributed by atoms with E-state index in [1.807, 2.05) is 47.4 Å². The molecule has 0 saturated carbocycles. The van der Waals surface area contributed by atoms with E-state index in [-0.39, 0.29) is 11.8 Å². The van der Waals surface area contributed by atoms with Crippen LogP contribution in [-0.4, -0.2) is 38.8 Å². The van der Waals surface area contributed by atoms with Crippen molar-refractivity contribution in [1.29, 1.82) is 0 Å². The third-order valence-corrected chi connectivity index (χ3v) is 4.87. The number of benzene rings is 1. The first-order chi connectivity index (χ1) is 13.8. The van der Waals surface area contributed by atoms with Crippen LogP contribution in [-0.2, 0) is 11.2 Å². The fraction of sp³-hybridized carbons (Fsp3) is 0.273. The molecule has 3 aromatic rings. The van der Waals surface area contributed by atoms with E-state index in [1.54, 1.807) is 24.8 Å². The zero-order chi connectivity index (χ0) is 19.2. The summed E-state index contributed by atoms with van der Waals surface area (Å²) in [5.41, 5.74) is 1.81. The molecule has 0 aliphatic carbocycles. The van der Waals surface area contributed by atoms with Crippen LogP contribution in [0.2, 0.25) is 0 Å². The molecule has 0 radical (unpaired) electrons. The third-order valence-electron chi connectivity index (χ3n) is 4.87. The number of hydrogen-bond donors (Lipinski definition) is 0. The average Bonchev–Trinajstić information content (AvgIpc) is 2.75. The first-order valence-corrected chi connectivity index (χ1v) is 9.49. The van der Waals surface area contributed by atoms with Crippen LogP contribution in [0.5, 0.6) is 11.6 Å². The van der Waals surface area contributed by atoms with E-state index >= 15 is 0 Å². The summed E-state index contributed by atoms with van der Waals surface area (Å²) in [6.07, 6.45) is 9.17. The Balaban J connectivity index is 1.43. The van der Waals surface area contributed by atoms with Gasteiger partial charge < -0.3 is 9.64 Å². The van der Waals surface area contributed by atoms with Gasteiger partial charge in [0.15, 0.2) is 0 Å². The number of carbonyl (C=O) groups excluding carboxylic acids is 1. The Kier molecular flexibility index (Phi) is 5.56. The highest BCUT2D eigenvalue weighted by molar-refractivity contribution is 5.78. The second-order valence-corrected chi connectivity index (χ2v) is 6.91. The van der Waals surface area contributed by atoms with Crippen molar-refractivity contribution in [2.75, 3.05) is 13.1 Å². The van der Waals surface area contributed by atoms with Crippen LogP contribution in [0.15, 0.2) is 67.3 Å². The van der Waals surface area contributed by atoms with Crippen molar-refractivity contribution < 1.29 is 9.53 Å². The molecule has 0 spiro atoms. The summed E-state index contributed by atoms with van der Waals surface area (Å²) in [6.45, 7) is 1.44. The van der Waals surface area contributed by atoms with Gasteiger partial charge in [0.05, 0.1) is 18.3 Å². The van der Waals surface area contributed by atoms with Crippen LogP contribution in [0.1, 0.15) is 30.0 Å². The molecule has 1 aliphatic heterocycles. The van der Waals surface area contributed by atoms with Crippen molar-refractivity contribution in [3.05, 3.63) is 78.5 Å². The molecule has 0 N–H and O–H groups in total. The Morgan fingerprint density at radius 1 is 1.07 bits per heavy atom. The molecule has 28 heavy (non-hydrogen) atoms. The molecule has 6 nitrogen and oxygen atoms in total. The largest absolute Gasteiger partial charge is 0.437 e. The van der Waals surface area contributed by atoms with E-state index in [1.165, 1.54) is 0 Å². The molecular weight excluding hydrogens is 352 g/mol. The number of pyridine rings is 1. The minimum absolute atomic E-state index is 0.127. The lowest BCUT2D eigenvalue weighted by Gasteiger charge is -2.32. The Morgan fingerprint density at radius 3 is 2.79 bits per heavy atom. The van der Waals surface area contributed by atoms with Crippen molar-refractivity contribution in [3.8, 4) is 11.6 Å². The monoisotopic (exact) mass is 374 g/mol. The molecule has 1 amide bonds. The van der Waals surface area contributed by atoms with Crippen molar-refractivity contribution in [2.24, 2.45) is 0 Å². The molecule has 1 saturated heterocycles. The van der Waals surface area contributed by atoms with Crippen LogP contribution in [0.3, 0.4) is 0 Å². The first-order valence-electron chi connectivity index (χ1n) is 9.49. The summed E-state index contributed by atoms with van der Waals surface area (Å²) in [7, 11) is 0. The Labute approximate surface area is 164 Å². The van der Waals surface area contributed by atoms with E-state index in [4.69, 9.17) is 4.74 Å². The third kappa shape index (κ3) is 4.52. The number of rotatable bonds is 5. The van der Waals surface area contributed by atoms with Gasteiger partial charge in [-0.25, -0.2) is 4.98 Å². The molecule has 1 aromatic carbocycles. The zero-order valence-electron chi connectivity index (χ0n) is 15.6. The lowest BCUT2D eigenvalue weighted by molar-refractivity contribution is -0.131. The van der Waals surface area contributed by atoms with Crippen LogP contribution in [0, 0.1) is 0 Å². The topological polar surface area (TPSA) is 68.2 Å². The first kappa shape index (κ1) is 18.1. The summed E-state index contributed by atoms with van der Waals surface area (Å²) in [4.78, 5) is 27.6. The van der Waals surface area contributed by atoms with E-state index in [0.29, 0.717) is 18.8 Å². The molecule has 1 fully saturated rings. The second kappa shape index (κ2) is 8.61. The SMILES string of the molecule is O=C(Cc1cccnc1)N1CCC[C@H](c2cncc(Oc3ccccc3)n2)C1. The molecule has 6 heteroatoms. The van der Waals surface area contributed by atoms with Crippen LogP contribution >= 0.6 is 0 Å². The van der Waals surface area contributed by atoms with Crippen molar-refractivity contribution in [1.82, 2.24) is 19.9 Å². The highest BCUT2D eigenvalue weighted by atomic mass is 16.5. The molecule has 0 bridgehead atoms. The van der Waals surface area contributed by atoms with Crippen molar-refractivity contribution >= 4 is 5.91 Å². The van der Waals surface area contributed by atoms with E-state index in [2.05, 4.69) is 15.0 Å². The number of hydrogen-bond acceptors (Lipinski definition) is 5. The van der Waals surface area contributed by atoms with Gasteiger partial charge in [-0.1, -0.05) is 24.3 Å².